The molecule has 0 unspecified atom stereocenters. The van der Waals surface area contributed by atoms with Gasteiger partial charge in [0.1, 0.15) is 11.9 Å². The quantitative estimate of drug-likeness (QED) is 0.818. The molecule has 0 aliphatic carbocycles. The van der Waals surface area contributed by atoms with Crippen LogP contribution in [0.3, 0.4) is 0 Å². The van der Waals surface area contributed by atoms with Gasteiger partial charge in [-0.05, 0) is 13.0 Å². The summed E-state index contributed by atoms with van der Waals surface area (Å²) in [5.41, 5.74) is 1.74. The summed E-state index contributed by atoms with van der Waals surface area (Å²) in [5.74, 6) is -0.687. The normalized spacial score (nSPS) is 12.1. The van der Waals surface area contributed by atoms with Crippen LogP contribution >= 0.6 is 11.3 Å². The Morgan fingerprint density at radius 3 is 3.00 bits per heavy atom. The van der Waals surface area contributed by atoms with Crippen molar-refractivity contribution >= 4 is 17.3 Å². The zero-order valence-corrected chi connectivity index (χ0v) is 9.94. The lowest BCUT2D eigenvalue weighted by Gasteiger charge is -2.15. The van der Waals surface area contributed by atoms with Crippen molar-refractivity contribution in [1.29, 1.82) is 0 Å². The fraction of sp³-hybridized carbons (Fsp3) is 0.167. The maximum atomic E-state index is 10.6. The summed E-state index contributed by atoms with van der Waals surface area (Å²) in [6.45, 7) is 1.44. The molecule has 0 saturated carbocycles. The number of ether oxygens (including phenoxy) is 1. The van der Waals surface area contributed by atoms with Crippen LogP contribution < -0.4 is 9.84 Å². The second-order valence-electron chi connectivity index (χ2n) is 3.47. The van der Waals surface area contributed by atoms with Crippen molar-refractivity contribution in [3.63, 3.8) is 0 Å². The molecule has 4 nitrogen and oxygen atoms in total. The van der Waals surface area contributed by atoms with Crippen molar-refractivity contribution in [3.05, 3.63) is 35.3 Å². The van der Waals surface area contributed by atoms with E-state index in [1.54, 1.807) is 17.8 Å². The third-order valence-corrected chi connectivity index (χ3v) is 2.96. The van der Waals surface area contributed by atoms with E-state index < -0.39 is 12.1 Å². The van der Waals surface area contributed by atoms with Crippen molar-refractivity contribution < 1.29 is 14.6 Å². The first-order valence-electron chi connectivity index (χ1n) is 5.02. The minimum atomic E-state index is -1.23. The third-order valence-electron chi connectivity index (χ3n) is 2.23. The molecule has 88 valence electrons. The molecule has 0 aromatic carbocycles. The van der Waals surface area contributed by atoms with Crippen LogP contribution in [0, 0.1) is 0 Å². The minimum absolute atomic E-state index is 0.541. The molecular weight excluding hydrogens is 238 g/mol. The molecule has 0 spiro atoms. The SMILES string of the molecule is C[C@H](Oc1cscc1-c1cccnc1)C(=O)[O-]. The Morgan fingerprint density at radius 2 is 2.35 bits per heavy atom. The molecule has 2 aromatic rings. The fourth-order valence-electron chi connectivity index (χ4n) is 1.35. The van der Waals surface area contributed by atoms with E-state index in [-0.39, 0.29) is 0 Å². The lowest BCUT2D eigenvalue weighted by Crippen LogP contribution is -2.37. The van der Waals surface area contributed by atoms with Gasteiger partial charge in [0.05, 0.1) is 5.97 Å². The predicted octanol–water partition coefficient (Wildman–Crippen LogP) is 1.33. The smallest absolute Gasteiger partial charge is 0.138 e. The second kappa shape index (κ2) is 4.97. The molecule has 0 aliphatic heterocycles. The molecule has 0 radical (unpaired) electrons. The molecule has 0 saturated heterocycles. The van der Waals surface area contributed by atoms with Crippen LogP contribution in [0.25, 0.3) is 11.1 Å². The Hall–Kier alpha value is -1.88. The highest BCUT2D eigenvalue weighted by Gasteiger charge is 2.11. The lowest BCUT2D eigenvalue weighted by molar-refractivity contribution is -0.312. The van der Waals surface area contributed by atoms with Crippen LogP contribution in [0.1, 0.15) is 6.92 Å². The number of carboxylic acids is 1. The van der Waals surface area contributed by atoms with Gasteiger partial charge in [-0.25, -0.2) is 0 Å². The number of thiophene rings is 1. The van der Waals surface area contributed by atoms with Gasteiger partial charge >= 0.3 is 0 Å². The summed E-state index contributed by atoms with van der Waals surface area (Å²) >= 11 is 1.45. The van der Waals surface area contributed by atoms with Crippen LogP contribution in [0.2, 0.25) is 0 Å². The van der Waals surface area contributed by atoms with Crippen molar-refractivity contribution in [2.24, 2.45) is 0 Å². The number of pyridine rings is 1. The number of carbonyl (C=O) groups excluding carboxylic acids is 1. The van der Waals surface area contributed by atoms with E-state index in [2.05, 4.69) is 4.98 Å². The highest BCUT2D eigenvalue weighted by atomic mass is 32.1. The average molecular weight is 248 g/mol. The molecule has 2 heterocycles. The highest BCUT2D eigenvalue weighted by molar-refractivity contribution is 7.08. The predicted molar refractivity (Wildman–Crippen MR) is 62.6 cm³/mol. The molecule has 0 aliphatic rings. The Morgan fingerprint density at radius 1 is 1.53 bits per heavy atom. The van der Waals surface area contributed by atoms with Gasteiger partial charge in [0, 0.05) is 34.3 Å². The third kappa shape index (κ3) is 2.62. The zero-order valence-electron chi connectivity index (χ0n) is 9.12. The van der Waals surface area contributed by atoms with E-state index in [0.717, 1.165) is 11.1 Å². The maximum Gasteiger partial charge on any atom is 0.138 e. The monoisotopic (exact) mass is 248 g/mol. The van der Waals surface area contributed by atoms with E-state index in [0.29, 0.717) is 5.75 Å². The number of aliphatic carboxylic acids is 1. The summed E-state index contributed by atoms with van der Waals surface area (Å²) in [6, 6.07) is 3.71. The number of nitrogens with zero attached hydrogens (tertiary/aromatic N) is 1. The summed E-state index contributed by atoms with van der Waals surface area (Å²) < 4.78 is 5.32. The van der Waals surface area contributed by atoms with Crippen LogP contribution in [0.4, 0.5) is 0 Å². The zero-order chi connectivity index (χ0) is 12.3. The summed E-state index contributed by atoms with van der Waals surface area (Å²) in [6.07, 6.45) is 2.42. The summed E-state index contributed by atoms with van der Waals surface area (Å²) in [7, 11) is 0. The number of aromatic nitrogens is 1. The standard InChI is InChI=1S/C12H11NO3S/c1-8(12(14)15)16-11-7-17-6-10(11)9-3-2-4-13-5-9/h2-8H,1H3,(H,14,15)/p-1/t8-/m0/s1. The molecule has 1 atom stereocenters. The van der Waals surface area contributed by atoms with E-state index in [1.165, 1.54) is 18.3 Å². The molecule has 17 heavy (non-hydrogen) atoms. The van der Waals surface area contributed by atoms with Gasteiger partial charge < -0.3 is 14.6 Å². The van der Waals surface area contributed by atoms with Crippen molar-refractivity contribution in [1.82, 2.24) is 4.98 Å². The van der Waals surface area contributed by atoms with E-state index in [4.69, 9.17) is 4.74 Å². The molecule has 2 aromatic heterocycles. The van der Waals surface area contributed by atoms with E-state index >= 15 is 0 Å². The lowest BCUT2D eigenvalue weighted by atomic mass is 10.1. The Bertz CT molecular complexity index is 509. The Labute approximate surface area is 103 Å². The number of rotatable bonds is 4. The molecular formula is C12H10NO3S-. The highest BCUT2D eigenvalue weighted by Crippen LogP contribution is 2.33. The largest absolute Gasteiger partial charge is 0.546 e. The first-order valence-corrected chi connectivity index (χ1v) is 5.97. The molecule has 0 amide bonds. The van der Waals surface area contributed by atoms with Crippen LogP contribution in [0.15, 0.2) is 35.3 Å². The van der Waals surface area contributed by atoms with Crippen LogP contribution in [-0.2, 0) is 4.79 Å². The van der Waals surface area contributed by atoms with Gasteiger partial charge in [-0.15, -0.1) is 11.3 Å². The number of carboxylic acid groups (broad SMARTS) is 1. The molecule has 0 bridgehead atoms. The van der Waals surface area contributed by atoms with Crippen molar-refractivity contribution in [3.8, 4) is 16.9 Å². The molecule has 5 heteroatoms. The van der Waals surface area contributed by atoms with Gasteiger partial charge in [0.25, 0.3) is 0 Å². The Kier molecular flexibility index (Phi) is 3.39. The molecule has 0 fully saturated rings. The summed E-state index contributed by atoms with van der Waals surface area (Å²) in [5, 5.41) is 14.3. The topological polar surface area (TPSA) is 62.2 Å². The molecule has 0 N–H and O–H groups in total. The molecule has 2 rings (SSSR count). The number of hydrogen-bond donors (Lipinski definition) is 0. The first-order chi connectivity index (χ1) is 8.18. The van der Waals surface area contributed by atoms with Crippen LogP contribution in [-0.4, -0.2) is 17.1 Å². The van der Waals surface area contributed by atoms with E-state index in [1.807, 2.05) is 17.5 Å². The van der Waals surface area contributed by atoms with Gasteiger partial charge in [0.2, 0.25) is 0 Å². The number of carbonyl (C=O) groups is 1. The van der Waals surface area contributed by atoms with Crippen molar-refractivity contribution in [2.45, 2.75) is 13.0 Å². The van der Waals surface area contributed by atoms with Crippen LogP contribution in [0.5, 0.6) is 5.75 Å². The van der Waals surface area contributed by atoms with Gasteiger partial charge in [-0.3, -0.25) is 4.98 Å². The van der Waals surface area contributed by atoms with Gasteiger partial charge in [-0.2, -0.15) is 0 Å². The van der Waals surface area contributed by atoms with Gasteiger partial charge in [-0.1, -0.05) is 6.07 Å². The van der Waals surface area contributed by atoms with E-state index in [9.17, 15) is 9.90 Å². The van der Waals surface area contributed by atoms with Crippen molar-refractivity contribution in [2.75, 3.05) is 0 Å². The first kappa shape index (κ1) is 11.6. The minimum Gasteiger partial charge on any atom is -0.546 e. The maximum absolute atomic E-state index is 10.6. The Balaban J connectivity index is 2.26. The number of hydrogen-bond acceptors (Lipinski definition) is 5. The summed E-state index contributed by atoms with van der Waals surface area (Å²) in [4.78, 5) is 14.6. The van der Waals surface area contributed by atoms with Gasteiger partial charge in [0.15, 0.2) is 0 Å². The second-order valence-corrected chi connectivity index (χ2v) is 4.21. The fourth-order valence-corrected chi connectivity index (χ4v) is 2.11. The average Bonchev–Trinajstić information content (AvgIpc) is 2.78.